The van der Waals surface area contributed by atoms with E-state index >= 15 is 0 Å². The lowest BCUT2D eigenvalue weighted by Gasteiger charge is -2.39. The summed E-state index contributed by atoms with van der Waals surface area (Å²) in [5.41, 5.74) is 0.142. The Labute approximate surface area is 69.3 Å². The smallest absolute Gasteiger partial charge is 0.0901 e. The number of hydrogen-bond acceptors (Lipinski definition) is 2. The Bertz CT molecular complexity index is 121. The third kappa shape index (κ3) is 2.46. The van der Waals surface area contributed by atoms with E-state index in [1.807, 2.05) is 0 Å². The van der Waals surface area contributed by atoms with Crippen LogP contribution in [0.4, 0.5) is 0 Å². The maximum absolute atomic E-state index is 5.76. The Kier molecular flexibility index (Phi) is 2.90. The van der Waals surface area contributed by atoms with Crippen LogP contribution in [0.15, 0.2) is 0 Å². The molecule has 1 fully saturated rings. The standard InChI is InChI=1S/C9H19NO/c1-4-8(2)5-11-9(3)6-10-7-9/h8,10H,4-7H2,1-3H3. The van der Waals surface area contributed by atoms with Gasteiger partial charge in [-0.3, -0.25) is 0 Å². The second-order valence-electron chi connectivity index (χ2n) is 3.88. The third-order valence-electron chi connectivity index (χ3n) is 2.41. The van der Waals surface area contributed by atoms with Crippen LogP contribution in [0, 0.1) is 5.92 Å². The zero-order valence-corrected chi connectivity index (χ0v) is 7.81. The van der Waals surface area contributed by atoms with Crippen LogP contribution in [-0.2, 0) is 4.74 Å². The van der Waals surface area contributed by atoms with Crippen LogP contribution in [0.3, 0.4) is 0 Å². The first-order valence-corrected chi connectivity index (χ1v) is 4.51. The lowest BCUT2D eigenvalue weighted by Crippen LogP contribution is -2.59. The van der Waals surface area contributed by atoms with Crippen LogP contribution in [0.25, 0.3) is 0 Å². The molecule has 0 saturated carbocycles. The fourth-order valence-corrected chi connectivity index (χ4v) is 1.04. The highest BCUT2D eigenvalue weighted by Crippen LogP contribution is 2.17. The predicted molar refractivity (Wildman–Crippen MR) is 46.7 cm³/mol. The summed E-state index contributed by atoms with van der Waals surface area (Å²) in [4.78, 5) is 0. The molecule has 0 aromatic heterocycles. The molecule has 0 spiro atoms. The van der Waals surface area contributed by atoms with E-state index in [0.717, 1.165) is 19.7 Å². The molecule has 2 nitrogen and oxygen atoms in total. The first-order chi connectivity index (χ1) is 5.16. The Balaban J connectivity index is 2.11. The first-order valence-electron chi connectivity index (χ1n) is 4.51. The van der Waals surface area contributed by atoms with Crippen molar-refractivity contribution in [3.05, 3.63) is 0 Å². The highest BCUT2D eigenvalue weighted by atomic mass is 16.5. The van der Waals surface area contributed by atoms with Gasteiger partial charge in [0, 0.05) is 19.7 Å². The molecule has 0 aliphatic carbocycles. The van der Waals surface area contributed by atoms with Gasteiger partial charge < -0.3 is 10.1 Å². The maximum Gasteiger partial charge on any atom is 0.0901 e. The SMILES string of the molecule is CCC(C)COC1(C)CNC1. The van der Waals surface area contributed by atoms with E-state index in [1.165, 1.54) is 6.42 Å². The zero-order chi connectivity index (χ0) is 8.32. The van der Waals surface area contributed by atoms with Gasteiger partial charge in [0.25, 0.3) is 0 Å². The van der Waals surface area contributed by atoms with Crippen LogP contribution in [0.2, 0.25) is 0 Å². The van der Waals surface area contributed by atoms with Gasteiger partial charge >= 0.3 is 0 Å². The Hall–Kier alpha value is -0.0800. The number of rotatable bonds is 4. The van der Waals surface area contributed by atoms with Gasteiger partial charge in [-0.1, -0.05) is 20.3 Å². The quantitative estimate of drug-likeness (QED) is 0.666. The van der Waals surface area contributed by atoms with Crippen LogP contribution < -0.4 is 5.32 Å². The van der Waals surface area contributed by atoms with Gasteiger partial charge in [-0.2, -0.15) is 0 Å². The molecule has 1 unspecified atom stereocenters. The van der Waals surface area contributed by atoms with Crippen molar-refractivity contribution >= 4 is 0 Å². The molecule has 1 saturated heterocycles. The minimum atomic E-state index is 0.142. The summed E-state index contributed by atoms with van der Waals surface area (Å²) in [6, 6.07) is 0. The molecule has 66 valence electrons. The fourth-order valence-electron chi connectivity index (χ4n) is 1.04. The summed E-state index contributed by atoms with van der Waals surface area (Å²) in [7, 11) is 0. The van der Waals surface area contributed by atoms with Crippen molar-refractivity contribution in [3.63, 3.8) is 0 Å². The van der Waals surface area contributed by atoms with Gasteiger partial charge in [-0.15, -0.1) is 0 Å². The molecule has 0 amide bonds. The Morgan fingerprint density at radius 1 is 1.55 bits per heavy atom. The molecule has 1 heterocycles. The first kappa shape index (κ1) is 9.01. The summed E-state index contributed by atoms with van der Waals surface area (Å²) >= 11 is 0. The highest BCUT2D eigenvalue weighted by molar-refractivity contribution is 4.90. The van der Waals surface area contributed by atoms with Gasteiger partial charge in [0.15, 0.2) is 0 Å². The Morgan fingerprint density at radius 3 is 2.55 bits per heavy atom. The lowest BCUT2D eigenvalue weighted by molar-refractivity contribution is -0.0784. The summed E-state index contributed by atoms with van der Waals surface area (Å²) in [5.74, 6) is 0.701. The summed E-state index contributed by atoms with van der Waals surface area (Å²) < 4.78 is 5.76. The molecular formula is C9H19NO. The van der Waals surface area contributed by atoms with Crippen molar-refractivity contribution in [1.29, 1.82) is 0 Å². The third-order valence-corrected chi connectivity index (χ3v) is 2.41. The van der Waals surface area contributed by atoms with E-state index in [4.69, 9.17) is 4.74 Å². The monoisotopic (exact) mass is 157 g/mol. The van der Waals surface area contributed by atoms with Crippen molar-refractivity contribution in [3.8, 4) is 0 Å². The molecule has 0 aromatic carbocycles. The molecule has 0 bridgehead atoms. The number of hydrogen-bond donors (Lipinski definition) is 1. The molecule has 1 atom stereocenters. The number of nitrogens with one attached hydrogen (secondary N) is 1. The Morgan fingerprint density at radius 2 is 2.18 bits per heavy atom. The molecular weight excluding hydrogens is 138 g/mol. The minimum Gasteiger partial charge on any atom is -0.372 e. The van der Waals surface area contributed by atoms with E-state index in [9.17, 15) is 0 Å². The van der Waals surface area contributed by atoms with Crippen molar-refractivity contribution in [2.45, 2.75) is 32.8 Å². The van der Waals surface area contributed by atoms with Gasteiger partial charge in [0.2, 0.25) is 0 Å². The number of ether oxygens (including phenoxy) is 1. The van der Waals surface area contributed by atoms with E-state index in [0.29, 0.717) is 5.92 Å². The summed E-state index contributed by atoms with van der Waals surface area (Å²) in [6.45, 7) is 9.55. The average Bonchev–Trinajstić information content (AvgIpc) is 1.96. The second kappa shape index (κ2) is 3.55. The minimum absolute atomic E-state index is 0.142. The van der Waals surface area contributed by atoms with Crippen molar-refractivity contribution < 1.29 is 4.74 Å². The largest absolute Gasteiger partial charge is 0.372 e. The van der Waals surface area contributed by atoms with Crippen molar-refractivity contribution in [2.75, 3.05) is 19.7 Å². The van der Waals surface area contributed by atoms with Gasteiger partial charge in [0.05, 0.1) is 5.60 Å². The normalized spacial score (nSPS) is 24.3. The van der Waals surface area contributed by atoms with Crippen LogP contribution >= 0.6 is 0 Å². The molecule has 1 aliphatic rings. The fraction of sp³-hybridized carbons (Fsp3) is 1.00. The van der Waals surface area contributed by atoms with Gasteiger partial charge in [-0.25, -0.2) is 0 Å². The van der Waals surface area contributed by atoms with E-state index in [1.54, 1.807) is 0 Å². The molecule has 1 rings (SSSR count). The van der Waals surface area contributed by atoms with Crippen molar-refractivity contribution in [2.24, 2.45) is 5.92 Å². The second-order valence-corrected chi connectivity index (χ2v) is 3.88. The van der Waals surface area contributed by atoms with E-state index in [-0.39, 0.29) is 5.60 Å². The molecule has 1 aliphatic heterocycles. The summed E-state index contributed by atoms with van der Waals surface area (Å²) in [6.07, 6.45) is 1.21. The van der Waals surface area contributed by atoms with Crippen molar-refractivity contribution in [1.82, 2.24) is 5.32 Å². The van der Waals surface area contributed by atoms with Gasteiger partial charge in [-0.05, 0) is 12.8 Å². The van der Waals surface area contributed by atoms with E-state index in [2.05, 4.69) is 26.1 Å². The maximum atomic E-state index is 5.76. The topological polar surface area (TPSA) is 21.3 Å². The van der Waals surface area contributed by atoms with Crippen LogP contribution in [-0.4, -0.2) is 25.3 Å². The average molecular weight is 157 g/mol. The van der Waals surface area contributed by atoms with Gasteiger partial charge in [0.1, 0.15) is 0 Å². The molecule has 0 radical (unpaired) electrons. The van der Waals surface area contributed by atoms with Crippen LogP contribution in [0.5, 0.6) is 0 Å². The molecule has 11 heavy (non-hydrogen) atoms. The molecule has 1 N–H and O–H groups in total. The lowest BCUT2D eigenvalue weighted by atomic mass is 9.99. The predicted octanol–water partition coefficient (Wildman–Crippen LogP) is 1.41. The summed E-state index contributed by atoms with van der Waals surface area (Å²) in [5, 5.41) is 3.22. The zero-order valence-electron chi connectivity index (χ0n) is 7.81. The highest BCUT2D eigenvalue weighted by Gasteiger charge is 2.32. The van der Waals surface area contributed by atoms with E-state index < -0.39 is 0 Å². The van der Waals surface area contributed by atoms with Crippen LogP contribution in [0.1, 0.15) is 27.2 Å². The molecule has 2 heteroatoms. The molecule has 0 aromatic rings.